The number of carbonyl (C=O) groups excluding carboxylic acids is 1. The van der Waals surface area contributed by atoms with Gasteiger partial charge in [0.2, 0.25) is 0 Å². The van der Waals surface area contributed by atoms with Crippen molar-refractivity contribution in [3.8, 4) is 10.6 Å². The van der Waals surface area contributed by atoms with E-state index in [1.807, 2.05) is 56.5 Å². The molecule has 2 N–H and O–H groups in total. The van der Waals surface area contributed by atoms with Crippen LogP contribution in [0.5, 0.6) is 0 Å². The van der Waals surface area contributed by atoms with Gasteiger partial charge in [-0.25, -0.2) is 4.98 Å². The van der Waals surface area contributed by atoms with Crippen LogP contribution < -0.4 is 5.32 Å². The first-order valence-corrected chi connectivity index (χ1v) is 10.9. The lowest BCUT2D eigenvalue weighted by atomic mass is 10.0. The third-order valence-electron chi connectivity index (χ3n) is 4.42. The highest BCUT2D eigenvalue weighted by molar-refractivity contribution is 7.13. The number of nitrogens with one attached hydrogen (secondary N) is 1. The van der Waals surface area contributed by atoms with Crippen LogP contribution in [0.4, 0.5) is 0 Å². The van der Waals surface area contributed by atoms with Crippen molar-refractivity contribution in [2.75, 3.05) is 6.61 Å². The summed E-state index contributed by atoms with van der Waals surface area (Å²) in [4.78, 5) is 28.9. The predicted molar refractivity (Wildman–Crippen MR) is 115 cm³/mol. The van der Waals surface area contributed by atoms with E-state index < -0.39 is 18.1 Å². The van der Waals surface area contributed by atoms with Gasteiger partial charge in [0.1, 0.15) is 17.1 Å². The number of carboxylic acids is 1. The summed E-state index contributed by atoms with van der Waals surface area (Å²) < 4.78 is 5.33. The van der Waals surface area contributed by atoms with Gasteiger partial charge in [-0.2, -0.15) is 0 Å². The van der Waals surface area contributed by atoms with E-state index in [9.17, 15) is 14.7 Å². The Balaban J connectivity index is 2.07. The van der Waals surface area contributed by atoms with E-state index in [1.165, 1.54) is 11.3 Å². The number of hydrogen-bond acceptors (Lipinski definition) is 6. The molecular weight excluding hydrogens is 388 g/mol. The van der Waals surface area contributed by atoms with E-state index in [4.69, 9.17) is 4.74 Å². The second-order valence-corrected chi connectivity index (χ2v) is 8.33. The Bertz CT molecular complexity index is 776. The zero-order chi connectivity index (χ0) is 21.2. The fourth-order valence-electron chi connectivity index (χ4n) is 2.90. The Morgan fingerprint density at radius 2 is 1.93 bits per heavy atom. The fourth-order valence-corrected chi connectivity index (χ4v) is 3.74. The summed E-state index contributed by atoms with van der Waals surface area (Å²) in [6, 6.07) is 8.21. The first-order valence-electron chi connectivity index (χ1n) is 10.1. The first-order chi connectivity index (χ1) is 13.9. The average molecular weight is 419 g/mol. The van der Waals surface area contributed by atoms with Crippen molar-refractivity contribution >= 4 is 23.3 Å². The number of rotatable bonds is 12. The molecule has 0 saturated carbocycles. The molecule has 0 bridgehead atoms. The van der Waals surface area contributed by atoms with Crippen LogP contribution in [-0.2, 0) is 20.7 Å². The first kappa shape index (κ1) is 23.0. The van der Waals surface area contributed by atoms with Crippen LogP contribution in [0, 0.1) is 5.92 Å². The lowest BCUT2D eigenvalue weighted by molar-refractivity contribution is -0.148. The molecule has 0 aliphatic carbocycles. The van der Waals surface area contributed by atoms with Crippen molar-refractivity contribution in [1.29, 1.82) is 0 Å². The van der Waals surface area contributed by atoms with Gasteiger partial charge in [-0.15, -0.1) is 11.3 Å². The van der Waals surface area contributed by atoms with Crippen LogP contribution in [0.25, 0.3) is 10.6 Å². The number of thiazole rings is 1. The Kier molecular flexibility index (Phi) is 9.28. The highest BCUT2D eigenvalue weighted by atomic mass is 32.1. The summed E-state index contributed by atoms with van der Waals surface area (Å²) in [5.41, 5.74) is 1.69. The molecule has 2 aromatic rings. The third kappa shape index (κ3) is 7.59. The average Bonchev–Trinajstić information content (AvgIpc) is 3.16. The molecule has 6 nitrogen and oxygen atoms in total. The van der Waals surface area contributed by atoms with Crippen molar-refractivity contribution in [2.45, 2.75) is 58.5 Å². The molecule has 1 aromatic heterocycles. The van der Waals surface area contributed by atoms with Crippen LogP contribution in [-0.4, -0.2) is 40.7 Å². The smallest absolute Gasteiger partial charge is 0.323 e. The molecule has 0 saturated heterocycles. The number of aliphatic carboxylic acids is 1. The van der Waals surface area contributed by atoms with E-state index >= 15 is 0 Å². The molecule has 1 aromatic carbocycles. The molecule has 158 valence electrons. The zero-order valence-corrected chi connectivity index (χ0v) is 18.1. The van der Waals surface area contributed by atoms with Gasteiger partial charge in [-0.05, 0) is 18.8 Å². The number of nitrogens with zero attached hydrogens (tertiary/aromatic N) is 1. The van der Waals surface area contributed by atoms with Crippen molar-refractivity contribution in [1.82, 2.24) is 10.3 Å². The predicted octanol–water partition coefficient (Wildman–Crippen LogP) is 4.15. The zero-order valence-electron chi connectivity index (χ0n) is 17.3. The van der Waals surface area contributed by atoms with E-state index in [1.54, 1.807) is 0 Å². The van der Waals surface area contributed by atoms with Crippen LogP contribution >= 0.6 is 11.3 Å². The minimum atomic E-state index is -1.01. The number of ether oxygens (including phenoxy) is 1. The molecule has 0 spiro atoms. The molecule has 0 amide bonds. The van der Waals surface area contributed by atoms with Gasteiger partial charge in [0.25, 0.3) is 0 Å². The monoisotopic (exact) mass is 418 g/mol. The SMILES string of the molecule is CCCCOC(=O)[C@H](CC(C)C)N[C@@H](Cc1csc(-c2ccccc2)n1)C(=O)O. The topological polar surface area (TPSA) is 88.5 Å². The molecule has 1 heterocycles. The van der Waals surface area contributed by atoms with Crippen molar-refractivity contribution in [2.24, 2.45) is 5.92 Å². The lowest BCUT2D eigenvalue weighted by Gasteiger charge is -2.23. The number of unbranched alkanes of at least 4 members (excludes halogenated alkanes) is 1. The molecule has 2 rings (SSSR count). The Hall–Kier alpha value is -2.25. The molecule has 0 unspecified atom stereocenters. The molecular formula is C22H30N2O4S. The Labute approximate surface area is 176 Å². The highest BCUT2D eigenvalue weighted by Gasteiger charge is 2.28. The summed E-state index contributed by atoms with van der Waals surface area (Å²) in [5, 5.41) is 15.4. The molecule has 7 heteroatoms. The van der Waals surface area contributed by atoms with Crippen molar-refractivity contribution < 1.29 is 19.4 Å². The number of benzene rings is 1. The summed E-state index contributed by atoms with van der Waals surface area (Å²) in [7, 11) is 0. The van der Waals surface area contributed by atoms with E-state index in [2.05, 4.69) is 10.3 Å². The molecule has 29 heavy (non-hydrogen) atoms. The molecule has 0 radical (unpaired) electrons. The van der Waals surface area contributed by atoms with Crippen LogP contribution in [0.3, 0.4) is 0 Å². The molecule has 0 aliphatic heterocycles. The van der Waals surface area contributed by atoms with Gasteiger partial charge in [-0.1, -0.05) is 57.5 Å². The minimum absolute atomic E-state index is 0.204. The summed E-state index contributed by atoms with van der Waals surface area (Å²) in [5.74, 6) is -1.17. The lowest BCUT2D eigenvalue weighted by Crippen LogP contribution is -2.49. The Morgan fingerprint density at radius 3 is 2.55 bits per heavy atom. The number of esters is 1. The number of aromatic nitrogens is 1. The third-order valence-corrected chi connectivity index (χ3v) is 5.36. The summed E-state index contributed by atoms with van der Waals surface area (Å²) >= 11 is 1.48. The summed E-state index contributed by atoms with van der Waals surface area (Å²) in [6.45, 7) is 6.37. The van der Waals surface area contributed by atoms with Gasteiger partial charge >= 0.3 is 11.9 Å². The Morgan fingerprint density at radius 1 is 1.21 bits per heavy atom. The van der Waals surface area contributed by atoms with Crippen molar-refractivity contribution in [3.05, 3.63) is 41.4 Å². The second kappa shape index (κ2) is 11.7. The summed E-state index contributed by atoms with van der Waals surface area (Å²) in [6.07, 6.45) is 2.45. The van der Waals surface area contributed by atoms with Crippen LogP contribution in [0.2, 0.25) is 0 Å². The fraction of sp³-hybridized carbons (Fsp3) is 0.500. The molecule has 0 fully saturated rings. The molecule has 0 aliphatic rings. The number of carboxylic acid groups (broad SMARTS) is 1. The highest BCUT2D eigenvalue weighted by Crippen LogP contribution is 2.24. The van der Waals surface area contributed by atoms with E-state index in [0.717, 1.165) is 23.4 Å². The molecule has 2 atom stereocenters. The van der Waals surface area contributed by atoms with Crippen LogP contribution in [0.15, 0.2) is 35.7 Å². The van der Waals surface area contributed by atoms with E-state index in [-0.39, 0.29) is 18.3 Å². The number of carbonyl (C=O) groups is 2. The van der Waals surface area contributed by atoms with Gasteiger partial charge in [0.15, 0.2) is 0 Å². The van der Waals surface area contributed by atoms with Gasteiger partial charge < -0.3 is 9.84 Å². The maximum Gasteiger partial charge on any atom is 0.323 e. The van der Waals surface area contributed by atoms with Gasteiger partial charge in [-0.3, -0.25) is 14.9 Å². The van der Waals surface area contributed by atoms with Crippen molar-refractivity contribution in [3.63, 3.8) is 0 Å². The minimum Gasteiger partial charge on any atom is -0.480 e. The largest absolute Gasteiger partial charge is 0.480 e. The van der Waals surface area contributed by atoms with Gasteiger partial charge in [0.05, 0.1) is 12.3 Å². The van der Waals surface area contributed by atoms with Gasteiger partial charge in [0, 0.05) is 17.4 Å². The normalized spacial score (nSPS) is 13.2. The van der Waals surface area contributed by atoms with Crippen LogP contribution in [0.1, 0.15) is 45.7 Å². The quantitative estimate of drug-likeness (QED) is 0.398. The maximum atomic E-state index is 12.5. The second-order valence-electron chi connectivity index (χ2n) is 7.47. The standard InChI is InChI=1S/C22H30N2O4S/c1-4-5-11-28-22(27)19(12-15(2)3)24-18(21(25)26)13-17-14-29-20(23-17)16-9-7-6-8-10-16/h6-10,14-15,18-19,24H,4-5,11-13H2,1-3H3,(H,25,26)/t18-,19-/m0/s1. The van der Waals surface area contributed by atoms with E-state index in [0.29, 0.717) is 18.7 Å². The number of hydrogen-bond donors (Lipinski definition) is 2. The maximum absolute atomic E-state index is 12.5.